The van der Waals surface area contributed by atoms with Gasteiger partial charge in [-0.2, -0.15) is 5.48 Å². The zero-order chi connectivity index (χ0) is 9.68. The van der Waals surface area contributed by atoms with Crippen LogP contribution in [0.25, 0.3) is 0 Å². The standard InChI is InChI=1S/C10H14BrNO/c1-3-13-12-8(2)9-5-4-6-10(11)7-9/h4-8,12H,3H2,1-2H3/t8-/m0/s1. The molecule has 0 aliphatic carbocycles. The van der Waals surface area contributed by atoms with Gasteiger partial charge in [0.25, 0.3) is 0 Å². The van der Waals surface area contributed by atoms with Gasteiger partial charge in [0.05, 0.1) is 12.6 Å². The second kappa shape index (κ2) is 5.37. The molecule has 0 aromatic heterocycles. The highest BCUT2D eigenvalue weighted by Crippen LogP contribution is 2.17. The van der Waals surface area contributed by atoms with Gasteiger partial charge < -0.3 is 4.84 Å². The number of hydrogen-bond acceptors (Lipinski definition) is 2. The highest BCUT2D eigenvalue weighted by atomic mass is 79.9. The summed E-state index contributed by atoms with van der Waals surface area (Å²) in [5.74, 6) is 0. The Bertz CT molecular complexity index is 265. The fourth-order valence-electron chi connectivity index (χ4n) is 1.05. The molecule has 2 nitrogen and oxygen atoms in total. The van der Waals surface area contributed by atoms with Crippen LogP contribution in [-0.2, 0) is 4.84 Å². The van der Waals surface area contributed by atoms with Gasteiger partial charge in [0.15, 0.2) is 0 Å². The topological polar surface area (TPSA) is 21.3 Å². The van der Waals surface area contributed by atoms with E-state index in [-0.39, 0.29) is 6.04 Å². The Kier molecular flexibility index (Phi) is 4.42. The molecule has 0 fully saturated rings. The predicted molar refractivity (Wildman–Crippen MR) is 57.3 cm³/mol. The summed E-state index contributed by atoms with van der Waals surface area (Å²) in [5.41, 5.74) is 4.17. The zero-order valence-corrected chi connectivity index (χ0v) is 9.47. The Balaban J connectivity index is 2.60. The summed E-state index contributed by atoms with van der Waals surface area (Å²) in [6, 6.07) is 8.40. The van der Waals surface area contributed by atoms with Crippen LogP contribution in [0.4, 0.5) is 0 Å². The van der Waals surface area contributed by atoms with Gasteiger partial charge in [0, 0.05) is 4.47 Å². The Morgan fingerprint density at radius 2 is 2.31 bits per heavy atom. The van der Waals surface area contributed by atoms with Crippen molar-refractivity contribution in [2.45, 2.75) is 19.9 Å². The molecule has 0 radical (unpaired) electrons. The third-order valence-corrected chi connectivity index (χ3v) is 2.25. The van der Waals surface area contributed by atoms with Gasteiger partial charge >= 0.3 is 0 Å². The molecule has 0 spiro atoms. The third kappa shape index (κ3) is 3.46. The van der Waals surface area contributed by atoms with Gasteiger partial charge in [-0.15, -0.1) is 0 Å². The number of halogens is 1. The van der Waals surface area contributed by atoms with Crippen molar-refractivity contribution >= 4 is 15.9 Å². The van der Waals surface area contributed by atoms with Gasteiger partial charge in [0.1, 0.15) is 0 Å². The molecule has 0 saturated carbocycles. The van der Waals surface area contributed by atoms with Crippen LogP contribution in [0.1, 0.15) is 25.5 Å². The van der Waals surface area contributed by atoms with Gasteiger partial charge in [-0.3, -0.25) is 0 Å². The fraction of sp³-hybridized carbons (Fsp3) is 0.400. The molecule has 0 unspecified atom stereocenters. The van der Waals surface area contributed by atoms with E-state index in [4.69, 9.17) is 4.84 Å². The van der Waals surface area contributed by atoms with E-state index in [2.05, 4.69) is 40.5 Å². The van der Waals surface area contributed by atoms with Crippen molar-refractivity contribution in [1.29, 1.82) is 0 Å². The summed E-state index contributed by atoms with van der Waals surface area (Å²) in [7, 11) is 0. The average molecular weight is 244 g/mol. The zero-order valence-electron chi connectivity index (χ0n) is 7.88. The highest BCUT2D eigenvalue weighted by Gasteiger charge is 2.03. The lowest BCUT2D eigenvalue weighted by Gasteiger charge is -2.13. The quantitative estimate of drug-likeness (QED) is 0.822. The van der Waals surface area contributed by atoms with E-state index < -0.39 is 0 Å². The van der Waals surface area contributed by atoms with E-state index in [1.165, 1.54) is 5.56 Å². The normalized spacial score (nSPS) is 12.8. The van der Waals surface area contributed by atoms with Crippen molar-refractivity contribution in [2.24, 2.45) is 0 Å². The number of hydrogen-bond donors (Lipinski definition) is 1. The first-order valence-electron chi connectivity index (χ1n) is 4.36. The molecule has 13 heavy (non-hydrogen) atoms. The third-order valence-electron chi connectivity index (χ3n) is 1.75. The van der Waals surface area contributed by atoms with Crippen molar-refractivity contribution in [3.8, 4) is 0 Å². The number of hydroxylamine groups is 1. The molecule has 0 saturated heterocycles. The predicted octanol–water partition coefficient (Wildman–Crippen LogP) is 3.05. The summed E-state index contributed by atoms with van der Waals surface area (Å²) in [6.07, 6.45) is 0. The summed E-state index contributed by atoms with van der Waals surface area (Å²) in [4.78, 5) is 5.12. The van der Waals surface area contributed by atoms with Crippen LogP contribution >= 0.6 is 15.9 Å². The maximum atomic E-state index is 5.12. The maximum absolute atomic E-state index is 5.12. The maximum Gasteiger partial charge on any atom is 0.0654 e. The molecule has 0 heterocycles. The van der Waals surface area contributed by atoms with Crippen molar-refractivity contribution < 1.29 is 4.84 Å². The molecular formula is C10H14BrNO. The lowest BCUT2D eigenvalue weighted by Crippen LogP contribution is -2.18. The molecule has 0 aliphatic heterocycles. The Morgan fingerprint density at radius 1 is 1.54 bits per heavy atom. The average Bonchev–Trinajstić information content (AvgIpc) is 2.14. The molecule has 72 valence electrons. The van der Waals surface area contributed by atoms with Crippen LogP contribution in [0.5, 0.6) is 0 Å². The minimum absolute atomic E-state index is 0.220. The summed E-state index contributed by atoms with van der Waals surface area (Å²) >= 11 is 3.43. The molecule has 0 bridgehead atoms. The van der Waals surface area contributed by atoms with Gasteiger partial charge in [-0.1, -0.05) is 28.1 Å². The molecule has 0 amide bonds. The lowest BCUT2D eigenvalue weighted by molar-refractivity contribution is 0.0285. The fourth-order valence-corrected chi connectivity index (χ4v) is 1.47. The lowest BCUT2D eigenvalue weighted by atomic mass is 10.1. The SMILES string of the molecule is CCON[C@@H](C)c1cccc(Br)c1. The van der Waals surface area contributed by atoms with Crippen molar-refractivity contribution in [3.05, 3.63) is 34.3 Å². The summed E-state index contributed by atoms with van der Waals surface area (Å²) in [5, 5.41) is 0. The molecule has 1 aromatic carbocycles. The van der Waals surface area contributed by atoms with E-state index >= 15 is 0 Å². The first kappa shape index (κ1) is 10.7. The highest BCUT2D eigenvalue weighted by molar-refractivity contribution is 9.10. The minimum atomic E-state index is 0.220. The summed E-state index contributed by atoms with van der Waals surface area (Å²) < 4.78 is 1.09. The van der Waals surface area contributed by atoms with Crippen molar-refractivity contribution in [2.75, 3.05) is 6.61 Å². The first-order chi connectivity index (χ1) is 6.24. The molecular weight excluding hydrogens is 230 g/mol. The summed E-state index contributed by atoms with van der Waals surface area (Å²) in [6.45, 7) is 4.70. The molecule has 1 rings (SSSR count). The largest absolute Gasteiger partial charge is 0.302 e. The van der Waals surface area contributed by atoms with Gasteiger partial charge in [-0.05, 0) is 31.5 Å². The second-order valence-electron chi connectivity index (χ2n) is 2.83. The molecule has 1 N–H and O–H groups in total. The Hall–Kier alpha value is -0.380. The van der Waals surface area contributed by atoms with E-state index in [0.29, 0.717) is 6.61 Å². The smallest absolute Gasteiger partial charge is 0.0654 e. The van der Waals surface area contributed by atoms with Gasteiger partial charge in [0.2, 0.25) is 0 Å². The van der Waals surface area contributed by atoms with Crippen LogP contribution < -0.4 is 5.48 Å². The van der Waals surface area contributed by atoms with E-state index in [1.54, 1.807) is 0 Å². The number of rotatable bonds is 4. The first-order valence-corrected chi connectivity index (χ1v) is 5.16. The van der Waals surface area contributed by atoms with Gasteiger partial charge in [-0.25, -0.2) is 0 Å². The molecule has 1 atom stereocenters. The molecule has 1 aromatic rings. The number of nitrogens with one attached hydrogen (secondary N) is 1. The number of benzene rings is 1. The van der Waals surface area contributed by atoms with E-state index in [9.17, 15) is 0 Å². The van der Waals surface area contributed by atoms with E-state index in [0.717, 1.165) is 4.47 Å². The molecule has 3 heteroatoms. The van der Waals surface area contributed by atoms with Crippen molar-refractivity contribution in [3.63, 3.8) is 0 Å². The second-order valence-corrected chi connectivity index (χ2v) is 3.74. The van der Waals surface area contributed by atoms with Crippen LogP contribution in [0.2, 0.25) is 0 Å². The Labute approximate surface area is 87.4 Å². The van der Waals surface area contributed by atoms with Crippen LogP contribution in [0.15, 0.2) is 28.7 Å². The minimum Gasteiger partial charge on any atom is -0.302 e. The van der Waals surface area contributed by atoms with Crippen LogP contribution in [-0.4, -0.2) is 6.61 Å². The van der Waals surface area contributed by atoms with Crippen LogP contribution in [0.3, 0.4) is 0 Å². The van der Waals surface area contributed by atoms with E-state index in [1.807, 2.05) is 19.1 Å². The van der Waals surface area contributed by atoms with Crippen LogP contribution in [0, 0.1) is 0 Å². The molecule has 0 aliphatic rings. The Morgan fingerprint density at radius 3 is 2.92 bits per heavy atom. The monoisotopic (exact) mass is 243 g/mol. The van der Waals surface area contributed by atoms with Crippen molar-refractivity contribution in [1.82, 2.24) is 5.48 Å².